The molecule has 4 rings (SSSR count). The van der Waals surface area contributed by atoms with Gasteiger partial charge in [-0.1, -0.05) is 41.9 Å². The Morgan fingerprint density at radius 3 is 2.19 bits per heavy atom. The summed E-state index contributed by atoms with van der Waals surface area (Å²) in [5.41, 5.74) is 0.260. The van der Waals surface area contributed by atoms with E-state index in [1.54, 1.807) is 36.4 Å². The van der Waals surface area contributed by atoms with Crippen LogP contribution in [0.15, 0.2) is 84.4 Å². The summed E-state index contributed by atoms with van der Waals surface area (Å²) in [5.74, 6) is -2.25. The third kappa shape index (κ3) is 3.55. The first-order valence-electron chi connectivity index (χ1n) is 9.25. The highest BCUT2D eigenvalue weighted by molar-refractivity contribution is 6.51. The first-order chi connectivity index (χ1) is 14.9. The van der Waals surface area contributed by atoms with Crippen molar-refractivity contribution in [2.75, 3.05) is 4.90 Å². The molecule has 1 heterocycles. The minimum absolute atomic E-state index is 0.117. The van der Waals surface area contributed by atoms with Crippen LogP contribution in [0.3, 0.4) is 0 Å². The SMILES string of the molecule is O=C1C(=O)N(c2ccccc2)[C@H](c2ccccc2[N+](=O)[O-])C1=C(O)c1ccc(Cl)cc1. The first kappa shape index (κ1) is 20.3. The fourth-order valence-electron chi connectivity index (χ4n) is 3.63. The Hall–Kier alpha value is -3.97. The van der Waals surface area contributed by atoms with Crippen LogP contribution in [-0.4, -0.2) is 21.7 Å². The number of anilines is 1. The maximum Gasteiger partial charge on any atom is 0.300 e. The average molecular weight is 435 g/mol. The number of benzene rings is 3. The third-order valence-corrected chi connectivity index (χ3v) is 5.28. The molecular weight excluding hydrogens is 420 g/mol. The Balaban J connectivity index is 2.01. The van der Waals surface area contributed by atoms with Crippen molar-refractivity contribution in [3.8, 4) is 0 Å². The van der Waals surface area contributed by atoms with E-state index in [4.69, 9.17) is 11.6 Å². The summed E-state index contributed by atoms with van der Waals surface area (Å²) >= 11 is 5.91. The van der Waals surface area contributed by atoms with Crippen LogP contribution >= 0.6 is 11.6 Å². The molecule has 0 spiro atoms. The second-order valence-corrected chi connectivity index (χ2v) is 7.26. The molecule has 0 bridgehead atoms. The van der Waals surface area contributed by atoms with Crippen LogP contribution in [-0.2, 0) is 9.59 Å². The second kappa shape index (κ2) is 8.04. The maximum absolute atomic E-state index is 13.0. The summed E-state index contributed by atoms with van der Waals surface area (Å²) < 4.78 is 0. The first-order valence-corrected chi connectivity index (χ1v) is 9.63. The average Bonchev–Trinajstić information content (AvgIpc) is 3.05. The summed E-state index contributed by atoms with van der Waals surface area (Å²) in [6.45, 7) is 0. The summed E-state index contributed by atoms with van der Waals surface area (Å²) in [6, 6.07) is 19.1. The van der Waals surface area contributed by atoms with Gasteiger partial charge in [0.05, 0.1) is 16.1 Å². The van der Waals surface area contributed by atoms with E-state index in [0.717, 1.165) is 0 Å². The van der Waals surface area contributed by atoms with Gasteiger partial charge < -0.3 is 5.11 Å². The lowest BCUT2D eigenvalue weighted by Crippen LogP contribution is -2.29. The van der Waals surface area contributed by atoms with Gasteiger partial charge in [-0.25, -0.2) is 0 Å². The molecule has 0 radical (unpaired) electrons. The zero-order valence-corrected chi connectivity index (χ0v) is 16.7. The van der Waals surface area contributed by atoms with Gasteiger partial charge >= 0.3 is 0 Å². The van der Waals surface area contributed by atoms with E-state index >= 15 is 0 Å². The number of ketones is 1. The number of aliphatic hydroxyl groups excluding tert-OH is 1. The number of nitrogens with zero attached hydrogens (tertiary/aromatic N) is 2. The molecule has 3 aromatic rings. The van der Waals surface area contributed by atoms with Crippen LogP contribution in [0.4, 0.5) is 11.4 Å². The Bertz CT molecular complexity index is 1220. The standard InChI is InChI=1S/C23H15ClN2O5/c24-15-12-10-14(11-13-15)21(27)19-20(17-8-4-5-9-18(17)26(30)31)25(23(29)22(19)28)16-6-2-1-3-7-16/h1-13,20,27H/t20-/m1/s1. The molecule has 0 aromatic heterocycles. The number of halogens is 1. The highest BCUT2D eigenvalue weighted by atomic mass is 35.5. The molecule has 0 aliphatic carbocycles. The number of carbonyl (C=O) groups excluding carboxylic acids is 2. The van der Waals surface area contributed by atoms with Crippen LogP contribution < -0.4 is 4.90 Å². The Morgan fingerprint density at radius 2 is 1.55 bits per heavy atom. The van der Waals surface area contributed by atoms with Gasteiger partial charge in [0, 0.05) is 22.3 Å². The Kier molecular flexibility index (Phi) is 5.27. The van der Waals surface area contributed by atoms with E-state index in [2.05, 4.69) is 0 Å². The molecule has 3 aromatic carbocycles. The monoisotopic (exact) mass is 434 g/mol. The van der Waals surface area contributed by atoms with Crippen molar-refractivity contribution in [2.45, 2.75) is 6.04 Å². The zero-order valence-electron chi connectivity index (χ0n) is 15.9. The van der Waals surface area contributed by atoms with Crippen molar-refractivity contribution < 1.29 is 19.6 Å². The number of rotatable bonds is 4. The van der Waals surface area contributed by atoms with E-state index in [1.165, 1.54) is 47.4 Å². The minimum atomic E-state index is -1.18. The van der Waals surface area contributed by atoms with E-state index in [1.807, 2.05) is 0 Å². The summed E-state index contributed by atoms with van der Waals surface area (Å²) in [4.78, 5) is 38.3. The molecule has 31 heavy (non-hydrogen) atoms. The molecular formula is C23H15ClN2O5. The van der Waals surface area contributed by atoms with Crippen LogP contribution in [0.2, 0.25) is 5.02 Å². The van der Waals surface area contributed by atoms with Crippen LogP contribution in [0, 0.1) is 10.1 Å². The molecule has 1 fully saturated rings. The van der Waals surface area contributed by atoms with Crippen molar-refractivity contribution in [3.05, 3.63) is 111 Å². The fourth-order valence-corrected chi connectivity index (χ4v) is 3.76. The molecule has 7 nitrogen and oxygen atoms in total. The lowest BCUT2D eigenvalue weighted by molar-refractivity contribution is -0.385. The highest BCUT2D eigenvalue weighted by Gasteiger charge is 2.48. The van der Waals surface area contributed by atoms with Gasteiger partial charge in [0.2, 0.25) is 0 Å². The molecule has 8 heteroatoms. The van der Waals surface area contributed by atoms with Gasteiger partial charge in [0.15, 0.2) is 0 Å². The quantitative estimate of drug-likeness (QED) is 0.207. The van der Waals surface area contributed by atoms with Gasteiger partial charge in [0.25, 0.3) is 17.4 Å². The molecule has 1 saturated heterocycles. The topological polar surface area (TPSA) is 101 Å². The Labute approximate surface area is 182 Å². The largest absolute Gasteiger partial charge is 0.507 e. The second-order valence-electron chi connectivity index (χ2n) is 6.83. The number of hydrogen-bond donors (Lipinski definition) is 1. The van der Waals surface area contributed by atoms with E-state index in [-0.39, 0.29) is 22.4 Å². The number of carbonyl (C=O) groups is 2. The molecule has 0 unspecified atom stereocenters. The van der Waals surface area contributed by atoms with Gasteiger partial charge in [-0.2, -0.15) is 0 Å². The van der Waals surface area contributed by atoms with Crippen LogP contribution in [0.25, 0.3) is 5.76 Å². The Morgan fingerprint density at radius 1 is 0.935 bits per heavy atom. The fraction of sp³-hybridized carbons (Fsp3) is 0.0435. The van der Waals surface area contributed by atoms with Crippen molar-refractivity contribution in [3.63, 3.8) is 0 Å². The molecule has 1 amide bonds. The number of nitro groups is 1. The molecule has 154 valence electrons. The van der Waals surface area contributed by atoms with Crippen molar-refractivity contribution in [2.24, 2.45) is 0 Å². The van der Waals surface area contributed by atoms with E-state index in [9.17, 15) is 24.8 Å². The lowest BCUT2D eigenvalue weighted by atomic mass is 9.94. The zero-order chi connectivity index (χ0) is 22.1. The highest BCUT2D eigenvalue weighted by Crippen LogP contribution is 2.44. The number of Topliss-reactive ketones (excluding diaryl/α,β-unsaturated/α-hetero) is 1. The molecule has 0 saturated carbocycles. The predicted octanol–water partition coefficient (Wildman–Crippen LogP) is 4.87. The van der Waals surface area contributed by atoms with Gasteiger partial charge in [0.1, 0.15) is 11.8 Å². The van der Waals surface area contributed by atoms with Gasteiger partial charge in [-0.15, -0.1) is 0 Å². The van der Waals surface area contributed by atoms with Crippen LogP contribution in [0.1, 0.15) is 17.2 Å². The van der Waals surface area contributed by atoms with Crippen LogP contribution in [0.5, 0.6) is 0 Å². The number of para-hydroxylation sites is 2. The number of aliphatic hydroxyl groups is 1. The van der Waals surface area contributed by atoms with E-state index in [0.29, 0.717) is 10.7 Å². The summed E-state index contributed by atoms with van der Waals surface area (Å²) in [7, 11) is 0. The number of amides is 1. The minimum Gasteiger partial charge on any atom is -0.507 e. The van der Waals surface area contributed by atoms with Crippen molar-refractivity contribution in [1.29, 1.82) is 0 Å². The molecule has 1 atom stereocenters. The predicted molar refractivity (Wildman–Crippen MR) is 116 cm³/mol. The number of nitro benzene ring substituents is 1. The smallest absolute Gasteiger partial charge is 0.300 e. The molecule has 1 aliphatic rings. The summed E-state index contributed by atoms with van der Waals surface area (Å²) in [5, 5.41) is 23.1. The van der Waals surface area contributed by atoms with Crippen molar-refractivity contribution >= 4 is 40.4 Å². The number of hydrogen-bond acceptors (Lipinski definition) is 5. The third-order valence-electron chi connectivity index (χ3n) is 5.02. The molecule has 1 N–H and O–H groups in total. The van der Waals surface area contributed by atoms with Gasteiger partial charge in [-0.05, 0) is 42.5 Å². The van der Waals surface area contributed by atoms with E-state index < -0.39 is 28.4 Å². The maximum atomic E-state index is 13.0. The summed E-state index contributed by atoms with van der Waals surface area (Å²) in [6.07, 6.45) is 0. The normalized spacial score (nSPS) is 17.7. The van der Waals surface area contributed by atoms with Crippen molar-refractivity contribution in [1.82, 2.24) is 0 Å². The van der Waals surface area contributed by atoms with Gasteiger partial charge in [-0.3, -0.25) is 24.6 Å². The lowest BCUT2D eigenvalue weighted by Gasteiger charge is -2.25. The molecule has 1 aliphatic heterocycles.